The van der Waals surface area contributed by atoms with E-state index < -0.39 is 0 Å². The van der Waals surface area contributed by atoms with Crippen molar-refractivity contribution in [2.45, 2.75) is 40.0 Å². The topological polar surface area (TPSA) is 15.3 Å². The van der Waals surface area contributed by atoms with Gasteiger partial charge in [-0.25, -0.2) is 0 Å². The Morgan fingerprint density at radius 3 is 2.76 bits per heavy atom. The number of nitrogens with one attached hydrogen (secondary N) is 1. The predicted molar refractivity (Wildman–Crippen MR) is 74.9 cm³/mol. The smallest absolute Gasteiger partial charge is 0.0599 e. The van der Waals surface area contributed by atoms with Crippen LogP contribution in [-0.2, 0) is 0 Å². The molecule has 0 aromatic carbocycles. The fourth-order valence-electron chi connectivity index (χ4n) is 2.88. The zero-order valence-electron chi connectivity index (χ0n) is 11.8. The van der Waals surface area contributed by atoms with Crippen molar-refractivity contribution >= 4 is 0 Å². The number of nitrogens with zero attached hydrogens (tertiary/aromatic N) is 1. The highest BCUT2D eigenvalue weighted by atomic mass is 15.1. The van der Waals surface area contributed by atoms with Crippen LogP contribution in [0.1, 0.15) is 40.0 Å². The van der Waals surface area contributed by atoms with Gasteiger partial charge in [0.1, 0.15) is 0 Å². The Morgan fingerprint density at radius 2 is 2.24 bits per heavy atom. The van der Waals surface area contributed by atoms with Gasteiger partial charge in [0.05, 0.1) is 6.54 Å². The molecular weight excluding hydrogens is 208 g/mol. The first-order valence-corrected chi connectivity index (χ1v) is 6.96. The van der Waals surface area contributed by atoms with Gasteiger partial charge in [0.2, 0.25) is 0 Å². The highest BCUT2D eigenvalue weighted by Crippen LogP contribution is 2.32. The van der Waals surface area contributed by atoms with E-state index in [0.29, 0.717) is 5.41 Å². The molecule has 1 rings (SSSR count). The first-order chi connectivity index (χ1) is 8.10. The maximum atomic E-state index is 5.45. The molecule has 2 heteroatoms. The molecule has 0 saturated carbocycles. The molecule has 1 unspecified atom stereocenters. The lowest BCUT2D eigenvalue weighted by atomic mass is 9.74. The van der Waals surface area contributed by atoms with Gasteiger partial charge < -0.3 is 5.32 Å². The van der Waals surface area contributed by atoms with Gasteiger partial charge in [-0.05, 0) is 50.2 Å². The molecule has 1 saturated heterocycles. The molecule has 0 amide bonds. The average Bonchev–Trinajstić information content (AvgIpc) is 2.30. The average molecular weight is 236 g/mol. The summed E-state index contributed by atoms with van der Waals surface area (Å²) in [6.07, 6.45) is 9.31. The lowest BCUT2D eigenvalue weighted by molar-refractivity contribution is 0.108. The molecule has 0 aromatic rings. The lowest BCUT2D eigenvalue weighted by Gasteiger charge is -2.40. The van der Waals surface area contributed by atoms with Crippen molar-refractivity contribution in [1.29, 1.82) is 0 Å². The Bertz CT molecular complexity index is 246. The van der Waals surface area contributed by atoms with Gasteiger partial charge >= 0.3 is 0 Å². The third-order valence-electron chi connectivity index (χ3n) is 3.89. The molecule has 1 heterocycles. The van der Waals surface area contributed by atoms with Crippen molar-refractivity contribution in [2.24, 2.45) is 11.3 Å². The number of hydrogen-bond donors (Lipinski definition) is 1. The highest BCUT2D eigenvalue weighted by molar-refractivity contribution is 4.91. The van der Waals surface area contributed by atoms with Crippen LogP contribution in [0.25, 0.3) is 0 Å². The molecule has 2 nitrogen and oxygen atoms in total. The van der Waals surface area contributed by atoms with E-state index in [1.165, 1.54) is 32.4 Å². The summed E-state index contributed by atoms with van der Waals surface area (Å²) in [4.78, 5) is 2.43. The normalized spacial score (nSPS) is 21.5. The molecule has 1 aliphatic heterocycles. The first-order valence-electron chi connectivity index (χ1n) is 6.96. The SMILES string of the molecule is C#CCN(CCC)CC(C)(C)C1CCCNC1. The zero-order chi connectivity index (χ0) is 12.7. The number of hydrogen-bond acceptors (Lipinski definition) is 2. The first kappa shape index (κ1) is 14.5. The molecule has 17 heavy (non-hydrogen) atoms. The van der Waals surface area contributed by atoms with E-state index >= 15 is 0 Å². The zero-order valence-corrected chi connectivity index (χ0v) is 11.8. The summed E-state index contributed by atoms with van der Waals surface area (Å²) in [5.74, 6) is 3.57. The van der Waals surface area contributed by atoms with Crippen molar-refractivity contribution in [3.63, 3.8) is 0 Å². The van der Waals surface area contributed by atoms with Crippen LogP contribution < -0.4 is 5.32 Å². The molecular formula is C15H28N2. The Labute approximate surface area is 107 Å². The van der Waals surface area contributed by atoms with Gasteiger partial charge in [-0.15, -0.1) is 6.42 Å². The van der Waals surface area contributed by atoms with Crippen LogP contribution in [0.2, 0.25) is 0 Å². The van der Waals surface area contributed by atoms with Crippen LogP contribution in [0.5, 0.6) is 0 Å². The summed E-state index contributed by atoms with van der Waals surface area (Å²) in [5.41, 5.74) is 0.361. The summed E-state index contributed by atoms with van der Waals surface area (Å²) in [6.45, 7) is 12.4. The third kappa shape index (κ3) is 4.69. The second-order valence-corrected chi connectivity index (χ2v) is 5.95. The van der Waals surface area contributed by atoms with Crippen molar-refractivity contribution in [2.75, 3.05) is 32.7 Å². The monoisotopic (exact) mass is 236 g/mol. The van der Waals surface area contributed by atoms with Crippen LogP contribution in [0.3, 0.4) is 0 Å². The Morgan fingerprint density at radius 1 is 1.47 bits per heavy atom. The van der Waals surface area contributed by atoms with Gasteiger partial charge in [0.15, 0.2) is 0 Å². The van der Waals surface area contributed by atoms with Crippen LogP contribution in [0.4, 0.5) is 0 Å². The third-order valence-corrected chi connectivity index (χ3v) is 3.89. The molecule has 1 aliphatic rings. The van der Waals surface area contributed by atoms with E-state index in [0.717, 1.165) is 25.6 Å². The predicted octanol–water partition coefficient (Wildman–Crippen LogP) is 2.36. The van der Waals surface area contributed by atoms with Crippen LogP contribution in [0, 0.1) is 23.7 Å². The number of piperidine rings is 1. The van der Waals surface area contributed by atoms with E-state index in [1.54, 1.807) is 0 Å². The lowest BCUT2D eigenvalue weighted by Crippen LogP contribution is -2.45. The van der Waals surface area contributed by atoms with Crippen LogP contribution >= 0.6 is 0 Å². The van der Waals surface area contributed by atoms with Crippen LogP contribution in [-0.4, -0.2) is 37.6 Å². The molecule has 0 aliphatic carbocycles. The quantitative estimate of drug-likeness (QED) is 0.712. The minimum Gasteiger partial charge on any atom is -0.316 e. The summed E-state index contributed by atoms with van der Waals surface area (Å²) in [6, 6.07) is 0. The standard InChI is InChI=1S/C15H28N2/c1-5-10-17(11-6-2)13-15(3,4)14-8-7-9-16-12-14/h1,14,16H,6-13H2,2-4H3. The van der Waals surface area contributed by atoms with E-state index in [-0.39, 0.29) is 0 Å². The molecule has 0 spiro atoms. The number of rotatable bonds is 6. The van der Waals surface area contributed by atoms with Crippen molar-refractivity contribution in [3.8, 4) is 12.3 Å². The second kappa shape index (κ2) is 7.03. The van der Waals surface area contributed by atoms with Gasteiger partial charge in [-0.2, -0.15) is 0 Å². The fraction of sp³-hybridized carbons (Fsp3) is 0.867. The van der Waals surface area contributed by atoms with E-state index in [1.807, 2.05) is 0 Å². The maximum absolute atomic E-state index is 5.45. The minimum absolute atomic E-state index is 0.361. The Balaban J connectivity index is 2.52. The number of terminal acetylenes is 1. The fourth-order valence-corrected chi connectivity index (χ4v) is 2.88. The summed E-state index contributed by atoms with van der Waals surface area (Å²) in [5, 5.41) is 3.52. The second-order valence-electron chi connectivity index (χ2n) is 5.95. The van der Waals surface area contributed by atoms with E-state index in [9.17, 15) is 0 Å². The van der Waals surface area contributed by atoms with E-state index in [2.05, 4.69) is 36.9 Å². The van der Waals surface area contributed by atoms with Crippen molar-refractivity contribution in [3.05, 3.63) is 0 Å². The Hall–Kier alpha value is -0.520. The van der Waals surface area contributed by atoms with Gasteiger partial charge in [-0.3, -0.25) is 4.90 Å². The van der Waals surface area contributed by atoms with E-state index in [4.69, 9.17) is 6.42 Å². The van der Waals surface area contributed by atoms with Crippen molar-refractivity contribution < 1.29 is 0 Å². The Kier molecular flexibility index (Phi) is 6.02. The summed E-state index contributed by atoms with van der Waals surface area (Å²) < 4.78 is 0. The highest BCUT2D eigenvalue weighted by Gasteiger charge is 2.31. The summed E-state index contributed by atoms with van der Waals surface area (Å²) >= 11 is 0. The minimum atomic E-state index is 0.361. The van der Waals surface area contributed by atoms with Crippen LogP contribution in [0.15, 0.2) is 0 Å². The molecule has 1 fully saturated rings. The molecule has 0 aromatic heterocycles. The maximum Gasteiger partial charge on any atom is 0.0599 e. The largest absolute Gasteiger partial charge is 0.316 e. The molecule has 98 valence electrons. The molecule has 1 atom stereocenters. The summed E-state index contributed by atoms with van der Waals surface area (Å²) in [7, 11) is 0. The van der Waals surface area contributed by atoms with Gasteiger partial charge in [0.25, 0.3) is 0 Å². The van der Waals surface area contributed by atoms with Crippen molar-refractivity contribution in [1.82, 2.24) is 10.2 Å². The molecule has 0 bridgehead atoms. The van der Waals surface area contributed by atoms with Gasteiger partial charge in [-0.1, -0.05) is 26.7 Å². The molecule has 1 N–H and O–H groups in total. The van der Waals surface area contributed by atoms with Gasteiger partial charge in [0, 0.05) is 6.54 Å². The molecule has 0 radical (unpaired) electrons.